The minimum Gasteiger partial charge on any atom is -0.504 e. The van der Waals surface area contributed by atoms with Gasteiger partial charge in [-0.2, -0.15) is 0 Å². The number of rotatable bonds is 6. The molecule has 2 aromatic carbocycles. The van der Waals surface area contributed by atoms with E-state index in [2.05, 4.69) is 4.90 Å². The van der Waals surface area contributed by atoms with E-state index in [9.17, 15) is 30.3 Å². The number of ether oxygens (including phenoxy) is 4. The van der Waals surface area contributed by atoms with Gasteiger partial charge >= 0.3 is 5.97 Å². The molecule has 5 rings (SSSR count). The zero-order valence-corrected chi connectivity index (χ0v) is 21.1. The van der Waals surface area contributed by atoms with Gasteiger partial charge < -0.3 is 49.4 Å². The number of para-hydroxylation sites is 2. The fourth-order valence-electron chi connectivity index (χ4n) is 5.53. The molecule has 2 aromatic rings. The maximum absolute atomic E-state index is 13.2. The standard InChI is InChI=1S/C26H32N2O10/c1-35-15-6-4-3-5-14(15)28-9-7-27(8-10-28)11-13-17-18(21(32)24(36-2)19(13)30)23-25(38-26(17)34)22(33)20(31)16(12-29)37-23/h3-6,16,20,22-23,25,29-33H,7-12H2,1-2H3/t16-,20-,22+,23+,25-/m1/s1. The number of anilines is 1. The zero-order chi connectivity index (χ0) is 27.1. The summed E-state index contributed by atoms with van der Waals surface area (Å²) in [7, 11) is 2.90. The minimum atomic E-state index is -1.56. The number of nitrogens with zero attached hydrogens (tertiary/aromatic N) is 2. The Labute approximate surface area is 219 Å². The molecule has 5 N–H and O–H groups in total. The number of phenolic OH excluding ortho intramolecular Hbond substituents is 2. The van der Waals surface area contributed by atoms with Crippen LogP contribution in [0.4, 0.5) is 5.69 Å². The van der Waals surface area contributed by atoms with Gasteiger partial charge in [0.1, 0.15) is 30.2 Å². The molecule has 2 saturated heterocycles. The fraction of sp³-hybridized carbons (Fsp3) is 0.500. The number of esters is 1. The van der Waals surface area contributed by atoms with E-state index in [1.165, 1.54) is 7.11 Å². The molecule has 0 aromatic heterocycles. The van der Waals surface area contributed by atoms with Crippen molar-refractivity contribution in [3.63, 3.8) is 0 Å². The Bertz CT molecular complexity index is 1200. The van der Waals surface area contributed by atoms with Crippen molar-refractivity contribution in [2.45, 2.75) is 37.1 Å². The van der Waals surface area contributed by atoms with Crippen LogP contribution in [0.1, 0.15) is 27.6 Å². The molecule has 3 heterocycles. The van der Waals surface area contributed by atoms with Crippen molar-refractivity contribution in [2.75, 3.05) is 51.9 Å². The highest BCUT2D eigenvalue weighted by Gasteiger charge is 2.53. The Morgan fingerprint density at radius 1 is 1.00 bits per heavy atom. The number of aromatic hydroxyl groups is 2. The van der Waals surface area contributed by atoms with Crippen LogP contribution < -0.4 is 14.4 Å². The monoisotopic (exact) mass is 532 g/mol. The highest BCUT2D eigenvalue weighted by molar-refractivity contribution is 5.97. The normalized spacial score (nSPS) is 27.3. The van der Waals surface area contributed by atoms with E-state index >= 15 is 0 Å². The molecule has 0 spiro atoms. The van der Waals surface area contributed by atoms with E-state index < -0.39 is 54.6 Å². The zero-order valence-electron chi connectivity index (χ0n) is 21.1. The van der Waals surface area contributed by atoms with Gasteiger partial charge in [-0.25, -0.2) is 4.79 Å². The molecular formula is C26H32N2O10. The molecule has 38 heavy (non-hydrogen) atoms. The molecule has 206 valence electrons. The van der Waals surface area contributed by atoms with Crippen molar-refractivity contribution in [3.8, 4) is 23.0 Å². The molecule has 12 heteroatoms. The number of phenols is 2. The van der Waals surface area contributed by atoms with Crippen LogP contribution >= 0.6 is 0 Å². The molecule has 0 aliphatic carbocycles. The molecule has 2 fully saturated rings. The lowest BCUT2D eigenvalue weighted by Crippen LogP contribution is -2.58. The summed E-state index contributed by atoms with van der Waals surface area (Å²) in [6.45, 7) is 2.07. The summed E-state index contributed by atoms with van der Waals surface area (Å²) in [6.07, 6.45) is -6.77. The summed E-state index contributed by atoms with van der Waals surface area (Å²) in [5.41, 5.74) is 1.06. The van der Waals surface area contributed by atoms with Gasteiger partial charge in [0.2, 0.25) is 5.75 Å². The number of hydrogen-bond donors (Lipinski definition) is 5. The highest BCUT2D eigenvalue weighted by atomic mass is 16.6. The molecule has 0 amide bonds. The maximum Gasteiger partial charge on any atom is 0.339 e. The molecule has 0 unspecified atom stereocenters. The van der Waals surface area contributed by atoms with Crippen molar-refractivity contribution >= 4 is 11.7 Å². The smallest absolute Gasteiger partial charge is 0.339 e. The Morgan fingerprint density at radius 3 is 2.37 bits per heavy atom. The Balaban J connectivity index is 1.46. The van der Waals surface area contributed by atoms with Crippen LogP contribution in [0, 0.1) is 0 Å². The lowest BCUT2D eigenvalue weighted by Gasteiger charge is -2.45. The summed E-state index contributed by atoms with van der Waals surface area (Å²) in [5, 5.41) is 52.5. The second kappa shape index (κ2) is 10.5. The fourth-order valence-corrected chi connectivity index (χ4v) is 5.53. The number of hydrogen-bond acceptors (Lipinski definition) is 12. The molecule has 5 atom stereocenters. The van der Waals surface area contributed by atoms with E-state index in [0.717, 1.165) is 11.4 Å². The number of piperazine rings is 1. The predicted molar refractivity (Wildman–Crippen MR) is 133 cm³/mol. The van der Waals surface area contributed by atoms with E-state index in [-0.39, 0.29) is 29.0 Å². The number of aliphatic hydroxyl groups is 3. The third-order valence-corrected chi connectivity index (χ3v) is 7.53. The van der Waals surface area contributed by atoms with Gasteiger partial charge in [-0.15, -0.1) is 0 Å². The van der Waals surface area contributed by atoms with E-state index in [1.807, 2.05) is 29.2 Å². The van der Waals surface area contributed by atoms with Gasteiger partial charge in [-0.3, -0.25) is 4.90 Å². The van der Waals surface area contributed by atoms with Gasteiger partial charge in [0.25, 0.3) is 0 Å². The van der Waals surface area contributed by atoms with Gasteiger partial charge in [0.05, 0.1) is 32.1 Å². The van der Waals surface area contributed by atoms with Crippen LogP contribution in [0.2, 0.25) is 0 Å². The van der Waals surface area contributed by atoms with Crippen LogP contribution in [0.5, 0.6) is 23.0 Å². The van der Waals surface area contributed by atoms with Crippen molar-refractivity contribution in [1.82, 2.24) is 4.90 Å². The van der Waals surface area contributed by atoms with Crippen LogP contribution in [-0.2, 0) is 16.0 Å². The second-order valence-electron chi connectivity index (χ2n) is 9.56. The van der Waals surface area contributed by atoms with E-state index in [1.54, 1.807) is 7.11 Å². The summed E-state index contributed by atoms with van der Waals surface area (Å²) in [5.74, 6) is -1.29. The second-order valence-corrected chi connectivity index (χ2v) is 9.56. The third kappa shape index (κ3) is 4.28. The molecular weight excluding hydrogens is 500 g/mol. The average Bonchev–Trinajstić information content (AvgIpc) is 2.93. The third-order valence-electron chi connectivity index (χ3n) is 7.53. The summed E-state index contributed by atoms with van der Waals surface area (Å²) >= 11 is 0. The van der Waals surface area contributed by atoms with Crippen molar-refractivity contribution < 1.29 is 49.3 Å². The summed E-state index contributed by atoms with van der Waals surface area (Å²) in [6, 6.07) is 7.74. The largest absolute Gasteiger partial charge is 0.504 e. The lowest BCUT2D eigenvalue weighted by molar-refractivity contribution is -0.235. The highest BCUT2D eigenvalue weighted by Crippen LogP contribution is 2.52. The van der Waals surface area contributed by atoms with Crippen molar-refractivity contribution in [3.05, 3.63) is 41.0 Å². The Hall–Kier alpha value is -3.29. The number of methoxy groups -OCH3 is 2. The first-order valence-electron chi connectivity index (χ1n) is 12.4. The first kappa shape index (κ1) is 26.3. The predicted octanol–water partition coefficient (Wildman–Crippen LogP) is 0.130. The Kier molecular flexibility index (Phi) is 7.25. The van der Waals surface area contributed by atoms with Crippen LogP contribution in [-0.4, -0.2) is 108 Å². The lowest BCUT2D eigenvalue weighted by atomic mass is 9.84. The topological polar surface area (TPSA) is 162 Å². The van der Waals surface area contributed by atoms with E-state index in [4.69, 9.17) is 18.9 Å². The molecule has 0 saturated carbocycles. The van der Waals surface area contributed by atoms with E-state index in [0.29, 0.717) is 26.2 Å². The van der Waals surface area contributed by atoms with Crippen molar-refractivity contribution in [2.24, 2.45) is 0 Å². The van der Waals surface area contributed by atoms with Gasteiger partial charge in [0, 0.05) is 43.9 Å². The summed E-state index contributed by atoms with van der Waals surface area (Å²) < 4.78 is 22.0. The van der Waals surface area contributed by atoms with Crippen LogP contribution in [0.15, 0.2) is 24.3 Å². The minimum absolute atomic E-state index is 0.0204. The van der Waals surface area contributed by atoms with Crippen LogP contribution in [0.3, 0.4) is 0 Å². The molecule has 12 nitrogen and oxygen atoms in total. The number of benzene rings is 2. The number of aliphatic hydroxyl groups excluding tert-OH is 3. The van der Waals surface area contributed by atoms with Gasteiger partial charge in [-0.05, 0) is 12.1 Å². The number of fused-ring (bicyclic) bond motifs is 3. The quantitative estimate of drug-likeness (QED) is 0.320. The average molecular weight is 533 g/mol. The molecule has 0 radical (unpaired) electrons. The first-order valence-corrected chi connectivity index (χ1v) is 12.4. The first-order chi connectivity index (χ1) is 18.3. The number of carbonyl (C=O) groups excluding carboxylic acids is 1. The molecule has 3 aliphatic rings. The summed E-state index contributed by atoms with van der Waals surface area (Å²) in [4.78, 5) is 17.4. The SMILES string of the molecule is COc1ccccc1N1CCN(Cc2c(O)c(OC)c(O)c3c2C(=O)O[C@@H]2[C@@H](O)[C@H](O)[C@@H](CO)O[C@@H]32)CC1. The molecule has 0 bridgehead atoms. The van der Waals surface area contributed by atoms with Crippen molar-refractivity contribution in [1.29, 1.82) is 0 Å². The van der Waals surface area contributed by atoms with Gasteiger partial charge in [-0.1, -0.05) is 12.1 Å². The number of carbonyl (C=O) groups is 1. The molecule has 3 aliphatic heterocycles. The van der Waals surface area contributed by atoms with Crippen LogP contribution in [0.25, 0.3) is 0 Å². The maximum atomic E-state index is 13.2. The Morgan fingerprint density at radius 2 is 1.71 bits per heavy atom. The van der Waals surface area contributed by atoms with Gasteiger partial charge in [0.15, 0.2) is 17.6 Å².